The molecule has 4 rings (SSSR count). The first-order valence-electron chi connectivity index (χ1n) is 9.42. The van der Waals surface area contributed by atoms with Gasteiger partial charge in [0.05, 0.1) is 24.4 Å². The molecule has 3 aromatic carbocycles. The number of amides is 1. The number of aromatic hydroxyl groups is 1. The van der Waals surface area contributed by atoms with Crippen molar-refractivity contribution in [2.45, 2.75) is 6.04 Å². The number of phenols is 1. The van der Waals surface area contributed by atoms with E-state index in [-0.39, 0.29) is 28.1 Å². The summed E-state index contributed by atoms with van der Waals surface area (Å²) in [5, 5.41) is 21.3. The number of phenolic OH excluding ortho intramolecular Hbond substituents is 1. The molecule has 0 radical (unpaired) electrons. The highest BCUT2D eigenvalue weighted by Gasteiger charge is 2.48. The van der Waals surface area contributed by atoms with Gasteiger partial charge in [-0.05, 0) is 30.3 Å². The number of ether oxygens (including phenoxy) is 1. The van der Waals surface area contributed by atoms with Crippen molar-refractivity contribution in [3.8, 4) is 11.5 Å². The first-order valence-corrected chi connectivity index (χ1v) is 9.42. The van der Waals surface area contributed by atoms with Gasteiger partial charge in [0.1, 0.15) is 23.1 Å². The first kappa shape index (κ1) is 20.2. The van der Waals surface area contributed by atoms with Crippen molar-refractivity contribution >= 4 is 23.1 Å². The van der Waals surface area contributed by atoms with Gasteiger partial charge in [-0.1, -0.05) is 42.5 Å². The minimum absolute atomic E-state index is 0.00870. The molecule has 1 heterocycles. The van der Waals surface area contributed by atoms with Crippen molar-refractivity contribution in [3.63, 3.8) is 0 Å². The monoisotopic (exact) mass is 419 g/mol. The molecule has 6 nitrogen and oxygen atoms in total. The number of para-hydroxylation sites is 2. The summed E-state index contributed by atoms with van der Waals surface area (Å²) in [5.74, 6) is -2.93. The summed E-state index contributed by atoms with van der Waals surface area (Å²) in [6.07, 6.45) is 0. The number of ketones is 1. The van der Waals surface area contributed by atoms with E-state index in [1.165, 1.54) is 43.5 Å². The van der Waals surface area contributed by atoms with E-state index >= 15 is 0 Å². The second-order valence-corrected chi connectivity index (χ2v) is 6.91. The van der Waals surface area contributed by atoms with Gasteiger partial charge in [0.15, 0.2) is 0 Å². The number of aliphatic hydroxyl groups is 1. The maximum Gasteiger partial charge on any atom is 0.300 e. The topological polar surface area (TPSA) is 87.1 Å². The van der Waals surface area contributed by atoms with E-state index < -0.39 is 29.3 Å². The number of methoxy groups -OCH3 is 1. The zero-order chi connectivity index (χ0) is 22.1. The van der Waals surface area contributed by atoms with Crippen molar-refractivity contribution in [1.82, 2.24) is 0 Å². The van der Waals surface area contributed by atoms with Crippen LogP contribution < -0.4 is 9.64 Å². The zero-order valence-electron chi connectivity index (χ0n) is 16.4. The molecule has 0 aromatic heterocycles. The summed E-state index contributed by atoms with van der Waals surface area (Å²) < 4.78 is 20.0. The first-order chi connectivity index (χ1) is 14.9. The Morgan fingerprint density at radius 1 is 1.00 bits per heavy atom. The van der Waals surface area contributed by atoms with E-state index in [4.69, 9.17) is 4.74 Å². The molecule has 1 atom stereocenters. The number of anilines is 1. The molecule has 0 bridgehead atoms. The summed E-state index contributed by atoms with van der Waals surface area (Å²) in [4.78, 5) is 27.0. The van der Waals surface area contributed by atoms with Crippen LogP contribution in [0.2, 0.25) is 0 Å². The van der Waals surface area contributed by atoms with Crippen LogP contribution in [-0.2, 0) is 9.59 Å². The number of hydrogen-bond acceptors (Lipinski definition) is 5. The summed E-state index contributed by atoms with van der Waals surface area (Å²) in [6, 6.07) is 16.7. The van der Waals surface area contributed by atoms with E-state index in [1.54, 1.807) is 36.4 Å². The van der Waals surface area contributed by atoms with E-state index in [0.717, 1.165) is 4.90 Å². The van der Waals surface area contributed by atoms with E-state index in [1.807, 2.05) is 0 Å². The Labute approximate surface area is 177 Å². The molecule has 1 aliphatic rings. The third-order valence-corrected chi connectivity index (χ3v) is 5.13. The fraction of sp³-hybridized carbons (Fsp3) is 0.0833. The van der Waals surface area contributed by atoms with Crippen LogP contribution in [0.3, 0.4) is 0 Å². The maximum atomic E-state index is 14.8. The van der Waals surface area contributed by atoms with E-state index in [0.29, 0.717) is 5.75 Å². The molecule has 156 valence electrons. The van der Waals surface area contributed by atoms with Crippen LogP contribution in [-0.4, -0.2) is 29.0 Å². The number of Topliss-reactive ketones (excluding diaryl/α,β-unsaturated/α-hetero) is 1. The number of aliphatic hydroxyl groups excluding tert-OH is 1. The van der Waals surface area contributed by atoms with Crippen molar-refractivity contribution in [2.24, 2.45) is 0 Å². The number of carbonyl (C=O) groups excluding carboxylic acids is 2. The number of carbonyl (C=O) groups is 2. The van der Waals surface area contributed by atoms with Gasteiger partial charge in [0, 0.05) is 11.1 Å². The molecule has 1 fully saturated rings. The predicted molar refractivity (Wildman–Crippen MR) is 112 cm³/mol. The van der Waals surface area contributed by atoms with Gasteiger partial charge in [-0.2, -0.15) is 0 Å². The van der Waals surface area contributed by atoms with Crippen LogP contribution in [0, 0.1) is 5.82 Å². The largest absolute Gasteiger partial charge is 0.507 e. The fourth-order valence-electron chi connectivity index (χ4n) is 3.67. The molecule has 0 saturated carbocycles. The Bertz CT molecular complexity index is 1220. The Balaban J connectivity index is 1.99. The fourth-order valence-corrected chi connectivity index (χ4v) is 3.67. The smallest absolute Gasteiger partial charge is 0.300 e. The minimum atomic E-state index is -1.28. The van der Waals surface area contributed by atoms with Crippen LogP contribution in [0.4, 0.5) is 10.1 Å². The van der Waals surface area contributed by atoms with Gasteiger partial charge in [-0.25, -0.2) is 4.39 Å². The molecular weight excluding hydrogens is 401 g/mol. The number of rotatable bonds is 4. The average molecular weight is 419 g/mol. The summed E-state index contributed by atoms with van der Waals surface area (Å²) >= 11 is 0. The molecule has 3 aromatic rings. The lowest BCUT2D eigenvalue weighted by molar-refractivity contribution is -0.132. The number of benzene rings is 3. The molecule has 7 heteroatoms. The number of hydrogen-bond donors (Lipinski definition) is 2. The van der Waals surface area contributed by atoms with Crippen molar-refractivity contribution < 1.29 is 28.9 Å². The molecule has 31 heavy (non-hydrogen) atoms. The van der Waals surface area contributed by atoms with Crippen LogP contribution >= 0.6 is 0 Å². The zero-order valence-corrected chi connectivity index (χ0v) is 16.4. The van der Waals surface area contributed by atoms with Gasteiger partial charge in [-0.15, -0.1) is 0 Å². The summed E-state index contributed by atoms with van der Waals surface area (Å²) in [5.41, 5.74) is -0.0143. The molecule has 1 aliphatic heterocycles. The highest BCUT2D eigenvalue weighted by molar-refractivity contribution is 6.51. The SMILES string of the molecule is COc1cccc(/C(O)=C2\C(=O)C(=O)N(c3ccccc3O)C2c2ccccc2F)c1. The third-order valence-electron chi connectivity index (χ3n) is 5.13. The Morgan fingerprint density at radius 2 is 1.71 bits per heavy atom. The maximum absolute atomic E-state index is 14.8. The molecule has 0 aliphatic carbocycles. The lowest BCUT2D eigenvalue weighted by Crippen LogP contribution is -2.29. The molecule has 2 N–H and O–H groups in total. The minimum Gasteiger partial charge on any atom is -0.507 e. The molecule has 1 amide bonds. The summed E-state index contributed by atoms with van der Waals surface area (Å²) in [7, 11) is 1.45. The van der Waals surface area contributed by atoms with Crippen molar-refractivity contribution in [1.29, 1.82) is 0 Å². The Morgan fingerprint density at radius 3 is 2.42 bits per heavy atom. The van der Waals surface area contributed by atoms with Gasteiger partial charge >= 0.3 is 0 Å². The van der Waals surface area contributed by atoms with E-state index in [9.17, 15) is 24.2 Å². The highest BCUT2D eigenvalue weighted by Crippen LogP contribution is 2.45. The Kier molecular flexibility index (Phi) is 5.17. The average Bonchev–Trinajstić information content (AvgIpc) is 3.04. The number of halogens is 1. The molecule has 0 spiro atoms. The third kappa shape index (κ3) is 3.40. The molecular formula is C24H18FNO5. The summed E-state index contributed by atoms with van der Waals surface area (Å²) in [6.45, 7) is 0. The standard InChI is InChI=1S/C24H18FNO5/c1-31-15-8-6-7-14(13-15)22(28)20-21(16-9-2-3-10-17(16)25)26(24(30)23(20)29)18-11-4-5-12-19(18)27/h2-13,21,27-28H,1H3/b22-20+. The normalized spacial score (nSPS) is 17.7. The molecule has 1 unspecified atom stereocenters. The number of nitrogens with zero attached hydrogens (tertiary/aromatic N) is 1. The predicted octanol–water partition coefficient (Wildman–Crippen LogP) is 4.17. The Hall–Kier alpha value is -4.13. The van der Waals surface area contributed by atoms with Crippen LogP contribution in [0.25, 0.3) is 5.76 Å². The van der Waals surface area contributed by atoms with Gasteiger partial charge in [0.2, 0.25) is 0 Å². The quantitative estimate of drug-likeness (QED) is 0.377. The van der Waals surface area contributed by atoms with Crippen molar-refractivity contribution in [3.05, 3.63) is 95.3 Å². The van der Waals surface area contributed by atoms with Crippen LogP contribution in [0.15, 0.2) is 78.4 Å². The lowest BCUT2D eigenvalue weighted by Gasteiger charge is -2.26. The second kappa shape index (κ2) is 7.95. The molecule has 1 saturated heterocycles. The lowest BCUT2D eigenvalue weighted by atomic mass is 9.94. The highest BCUT2D eigenvalue weighted by atomic mass is 19.1. The van der Waals surface area contributed by atoms with Gasteiger partial charge < -0.3 is 14.9 Å². The second-order valence-electron chi connectivity index (χ2n) is 6.91. The van der Waals surface area contributed by atoms with Crippen molar-refractivity contribution in [2.75, 3.05) is 12.0 Å². The van der Waals surface area contributed by atoms with Crippen LogP contribution in [0.1, 0.15) is 17.2 Å². The van der Waals surface area contributed by atoms with Crippen LogP contribution in [0.5, 0.6) is 11.5 Å². The van der Waals surface area contributed by atoms with Gasteiger partial charge in [-0.3, -0.25) is 14.5 Å². The van der Waals surface area contributed by atoms with E-state index in [2.05, 4.69) is 0 Å². The van der Waals surface area contributed by atoms with Gasteiger partial charge in [0.25, 0.3) is 11.7 Å².